The molecule has 6 nitrogen and oxygen atoms in total. The van der Waals surface area contributed by atoms with Gasteiger partial charge in [0.1, 0.15) is 17.1 Å². The number of hydrogen-bond donors (Lipinski definition) is 1. The van der Waals surface area contributed by atoms with Crippen molar-refractivity contribution in [3.05, 3.63) is 41.6 Å². The van der Waals surface area contributed by atoms with Crippen LogP contribution >= 0.6 is 0 Å². The van der Waals surface area contributed by atoms with Gasteiger partial charge in [0.2, 0.25) is 0 Å². The number of carbonyl (C=O) groups excluding carboxylic acids is 1. The van der Waals surface area contributed by atoms with Gasteiger partial charge in [0.05, 0.1) is 19.9 Å². The van der Waals surface area contributed by atoms with Gasteiger partial charge in [-0.2, -0.15) is 5.10 Å². The first kappa shape index (κ1) is 15.8. The molecular formula is C16H19N3O3. The summed E-state index contributed by atoms with van der Waals surface area (Å²) < 4.78 is 10.4. The van der Waals surface area contributed by atoms with Crippen LogP contribution in [0.25, 0.3) is 0 Å². The number of amides is 1. The van der Waals surface area contributed by atoms with E-state index < -0.39 is 0 Å². The van der Waals surface area contributed by atoms with Crippen LogP contribution in [0, 0.1) is 0 Å². The van der Waals surface area contributed by atoms with E-state index in [1.165, 1.54) is 14.2 Å². The Balaban J connectivity index is 2.25. The lowest BCUT2D eigenvalue weighted by Gasteiger charge is -2.12. The molecule has 1 aromatic carbocycles. The molecule has 0 aliphatic heterocycles. The van der Waals surface area contributed by atoms with Crippen LogP contribution in [0.4, 0.5) is 5.82 Å². The van der Waals surface area contributed by atoms with E-state index in [4.69, 9.17) is 9.47 Å². The monoisotopic (exact) mass is 301 g/mol. The highest BCUT2D eigenvalue weighted by molar-refractivity contribution is 6.07. The summed E-state index contributed by atoms with van der Waals surface area (Å²) in [5.41, 5.74) is 1.19. The van der Waals surface area contributed by atoms with Gasteiger partial charge >= 0.3 is 0 Å². The number of nitrogens with one attached hydrogen (secondary N) is 1. The third-order valence-electron chi connectivity index (χ3n) is 3.17. The highest BCUT2D eigenvalue weighted by atomic mass is 16.5. The van der Waals surface area contributed by atoms with E-state index in [0.29, 0.717) is 22.9 Å². The van der Waals surface area contributed by atoms with E-state index in [-0.39, 0.29) is 11.8 Å². The molecular weight excluding hydrogens is 282 g/mol. The largest absolute Gasteiger partial charge is 0.496 e. The van der Waals surface area contributed by atoms with Gasteiger partial charge in [-0.05, 0) is 30.2 Å². The van der Waals surface area contributed by atoms with Gasteiger partial charge in [0.25, 0.3) is 5.91 Å². The molecule has 0 aliphatic carbocycles. The summed E-state index contributed by atoms with van der Waals surface area (Å²) >= 11 is 0. The third-order valence-corrected chi connectivity index (χ3v) is 3.17. The maximum absolute atomic E-state index is 12.5. The molecule has 22 heavy (non-hydrogen) atoms. The molecule has 1 amide bonds. The topological polar surface area (TPSA) is 73.3 Å². The Morgan fingerprint density at radius 3 is 2.14 bits per heavy atom. The van der Waals surface area contributed by atoms with Crippen molar-refractivity contribution in [3.8, 4) is 11.5 Å². The van der Waals surface area contributed by atoms with Crippen LogP contribution in [0.5, 0.6) is 11.5 Å². The molecule has 2 aromatic rings. The lowest BCUT2D eigenvalue weighted by molar-refractivity contribution is 0.102. The van der Waals surface area contributed by atoms with Crippen molar-refractivity contribution in [1.29, 1.82) is 0 Å². The first-order valence-electron chi connectivity index (χ1n) is 6.92. The van der Waals surface area contributed by atoms with Crippen molar-refractivity contribution in [2.45, 2.75) is 19.8 Å². The van der Waals surface area contributed by atoms with Crippen LogP contribution in [-0.2, 0) is 0 Å². The van der Waals surface area contributed by atoms with E-state index in [0.717, 1.165) is 5.69 Å². The molecule has 0 fully saturated rings. The Morgan fingerprint density at radius 2 is 1.68 bits per heavy atom. The van der Waals surface area contributed by atoms with E-state index in [9.17, 15) is 4.79 Å². The highest BCUT2D eigenvalue weighted by Crippen LogP contribution is 2.28. The Bertz CT molecular complexity index is 632. The van der Waals surface area contributed by atoms with Crippen molar-refractivity contribution in [1.82, 2.24) is 10.2 Å². The summed E-state index contributed by atoms with van der Waals surface area (Å²) in [4.78, 5) is 12.5. The highest BCUT2D eigenvalue weighted by Gasteiger charge is 2.18. The number of rotatable bonds is 5. The molecule has 0 saturated carbocycles. The zero-order valence-corrected chi connectivity index (χ0v) is 13.1. The standard InChI is InChI=1S/C16H19N3O3/c1-10(2)11-8-9-14(19-18-11)17-16(20)15-12(21-3)6-5-7-13(15)22-4/h5-10H,1-4H3,(H,17,19,20). The average molecular weight is 301 g/mol. The van der Waals surface area contributed by atoms with E-state index in [1.807, 2.05) is 19.9 Å². The SMILES string of the molecule is COc1cccc(OC)c1C(=O)Nc1ccc(C(C)C)nn1. The van der Waals surface area contributed by atoms with Crippen molar-refractivity contribution in [3.63, 3.8) is 0 Å². The van der Waals surface area contributed by atoms with Crippen LogP contribution in [0.1, 0.15) is 35.8 Å². The van der Waals surface area contributed by atoms with Gasteiger partial charge in [0.15, 0.2) is 5.82 Å². The molecule has 1 N–H and O–H groups in total. The normalized spacial score (nSPS) is 10.4. The van der Waals surface area contributed by atoms with E-state index in [1.54, 1.807) is 24.3 Å². The second kappa shape index (κ2) is 6.89. The number of carbonyl (C=O) groups is 1. The molecule has 0 bridgehead atoms. The van der Waals surface area contributed by atoms with Crippen LogP contribution in [-0.4, -0.2) is 30.3 Å². The minimum Gasteiger partial charge on any atom is -0.496 e. The lowest BCUT2D eigenvalue weighted by atomic mass is 10.1. The average Bonchev–Trinajstić information content (AvgIpc) is 2.54. The summed E-state index contributed by atoms with van der Waals surface area (Å²) in [7, 11) is 3.01. The zero-order chi connectivity index (χ0) is 16.1. The zero-order valence-electron chi connectivity index (χ0n) is 13.1. The molecule has 1 heterocycles. The number of nitrogens with zero attached hydrogens (tertiary/aromatic N) is 2. The summed E-state index contributed by atoms with van der Waals surface area (Å²) in [6, 6.07) is 8.72. The van der Waals surface area contributed by atoms with Gasteiger partial charge in [0, 0.05) is 0 Å². The molecule has 0 saturated heterocycles. The maximum Gasteiger partial charge on any atom is 0.264 e. The van der Waals surface area contributed by atoms with Crippen molar-refractivity contribution >= 4 is 11.7 Å². The first-order chi connectivity index (χ1) is 10.6. The number of aromatic nitrogens is 2. The molecule has 2 rings (SSSR count). The molecule has 116 valence electrons. The van der Waals surface area contributed by atoms with E-state index >= 15 is 0 Å². The summed E-state index contributed by atoms with van der Waals surface area (Å²) in [5, 5.41) is 10.8. The van der Waals surface area contributed by atoms with Crippen LogP contribution in [0.2, 0.25) is 0 Å². The Hall–Kier alpha value is -2.63. The number of anilines is 1. The Kier molecular flexibility index (Phi) is 4.93. The molecule has 0 radical (unpaired) electrons. The summed E-state index contributed by atoms with van der Waals surface area (Å²) in [5.74, 6) is 1.17. The Morgan fingerprint density at radius 1 is 1.05 bits per heavy atom. The predicted molar refractivity (Wildman–Crippen MR) is 83.6 cm³/mol. The van der Waals surface area contributed by atoms with Gasteiger partial charge in [-0.3, -0.25) is 4.79 Å². The first-order valence-corrected chi connectivity index (χ1v) is 6.92. The molecule has 0 spiro atoms. The number of methoxy groups -OCH3 is 2. The summed E-state index contributed by atoms with van der Waals surface area (Å²) in [6.45, 7) is 4.06. The minimum absolute atomic E-state index is 0.284. The van der Waals surface area contributed by atoms with Gasteiger partial charge in [-0.1, -0.05) is 19.9 Å². The van der Waals surface area contributed by atoms with Crippen LogP contribution in [0.3, 0.4) is 0 Å². The number of hydrogen-bond acceptors (Lipinski definition) is 5. The van der Waals surface area contributed by atoms with Crippen LogP contribution < -0.4 is 14.8 Å². The quantitative estimate of drug-likeness (QED) is 0.919. The molecule has 1 aromatic heterocycles. The lowest BCUT2D eigenvalue weighted by Crippen LogP contribution is -2.16. The van der Waals surface area contributed by atoms with Gasteiger partial charge < -0.3 is 14.8 Å². The second-order valence-corrected chi connectivity index (χ2v) is 4.99. The van der Waals surface area contributed by atoms with Crippen molar-refractivity contribution < 1.29 is 14.3 Å². The number of benzene rings is 1. The summed E-state index contributed by atoms with van der Waals surface area (Å²) in [6.07, 6.45) is 0. The number of ether oxygens (including phenoxy) is 2. The third kappa shape index (κ3) is 3.33. The fraction of sp³-hybridized carbons (Fsp3) is 0.312. The smallest absolute Gasteiger partial charge is 0.264 e. The van der Waals surface area contributed by atoms with Crippen molar-refractivity contribution in [2.24, 2.45) is 0 Å². The Labute approximate surface area is 129 Å². The molecule has 0 unspecified atom stereocenters. The minimum atomic E-state index is -0.360. The van der Waals surface area contributed by atoms with Gasteiger partial charge in [-0.15, -0.1) is 5.10 Å². The maximum atomic E-state index is 12.5. The molecule has 0 aliphatic rings. The van der Waals surface area contributed by atoms with Crippen molar-refractivity contribution in [2.75, 3.05) is 19.5 Å². The predicted octanol–water partition coefficient (Wildman–Crippen LogP) is 2.87. The van der Waals surface area contributed by atoms with Gasteiger partial charge in [-0.25, -0.2) is 0 Å². The van der Waals surface area contributed by atoms with E-state index in [2.05, 4.69) is 15.5 Å². The fourth-order valence-corrected chi connectivity index (χ4v) is 1.97. The van der Waals surface area contributed by atoms with Crippen LogP contribution in [0.15, 0.2) is 30.3 Å². The second-order valence-electron chi connectivity index (χ2n) is 4.99. The fourth-order valence-electron chi connectivity index (χ4n) is 1.97. The molecule has 6 heteroatoms. The molecule has 0 atom stereocenters.